The predicted octanol–water partition coefficient (Wildman–Crippen LogP) is 4.49. The van der Waals surface area contributed by atoms with Crippen LogP contribution in [0.15, 0.2) is 46.6 Å². The van der Waals surface area contributed by atoms with Gasteiger partial charge in [-0.3, -0.25) is 4.79 Å². The summed E-state index contributed by atoms with van der Waals surface area (Å²) in [4.78, 5) is 15.5. The molecule has 26 heavy (non-hydrogen) atoms. The van der Waals surface area contributed by atoms with Crippen molar-refractivity contribution in [2.75, 3.05) is 6.54 Å². The number of nitrogens with two attached hydrogens (primary N) is 1. The third kappa shape index (κ3) is 2.60. The van der Waals surface area contributed by atoms with E-state index in [2.05, 4.69) is 30.1 Å². The summed E-state index contributed by atoms with van der Waals surface area (Å²) < 4.78 is 0.676. The molecule has 4 N–H and O–H groups in total. The van der Waals surface area contributed by atoms with E-state index in [1.165, 1.54) is 16.9 Å². The fraction of sp³-hybridized carbons (Fsp3) is 0.190. The van der Waals surface area contributed by atoms with E-state index in [1.54, 1.807) is 12.1 Å². The number of benzene rings is 2. The first-order valence-corrected chi connectivity index (χ1v) is 9.44. The first kappa shape index (κ1) is 16.8. The van der Waals surface area contributed by atoms with Gasteiger partial charge >= 0.3 is 0 Å². The summed E-state index contributed by atoms with van der Waals surface area (Å²) >= 11 is 1.43. The molecule has 0 radical (unpaired) electrons. The Hall–Kier alpha value is -2.63. The van der Waals surface area contributed by atoms with E-state index in [4.69, 9.17) is 5.73 Å². The van der Waals surface area contributed by atoms with Crippen molar-refractivity contribution in [3.8, 4) is 16.9 Å². The molecular formula is C21H20N2O2S. The van der Waals surface area contributed by atoms with E-state index < -0.39 is 0 Å². The second kappa shape index (κ2) is 6.27. The SMILES string of the molecule is Cc1cc(O)cc2c1[nH]c(=O)c1scc(-c3cccc(C(C)CN)c3)c12. The molecule has 0 aliphatic rings. The number of pyridine rings is 1. The largest absolute Gasteiger partial charge is 0.508 e. The molecule has 0 spiro atoms. The lowest BCUT2D eigenvalue weighted by molar-refractivity contribution is 0.476. The average Bonchev–Trinajstić information content (AvgIpc) is 3.08. The van der Waals surface area contributed by atoms with Crippen molar-refractivity contribution in [2.45, 2.75) is 19.8 Å². The standard InChI is InChI=1S/C21H20N2O2S/c1-11-6-15(24)8-16-18-17(10-26-20(18)21(25)23-19(11)16)14-5-3-4-13(7-14)12(2)9-22/h3-8,10,12,24H,9,22H2,1-2H3,(H,23,25). The highest BCUT2D eigenvalue weighted by Crippen LogP contribution is 2.38. The van der Waals surface area contributed by atoms with Gasteiger partial charge in [0.1, 0.15) is 10.4 Å². The number of aryl methyl sites for hydroxylation is 1. The molecule has 2 heterocycles. The van der Waals surface area contributed by atoms with Gasteiger partial charge in [-0.05, 0) is 48.2 Å². The molecule has 2 aromatic carbocycles. The van der Waals surface area contributed by atoms with Gasteiger partial charge in [0, 0.05) is 21.7 Å². The number of H-pyrrole nitrogens is 1. The zero-order valence-corrected chi connectivity index (χ0v) is 15.5. The first-order valence-electron chi connectivity index (χ1n) is 8.56. The van der Waals surface area contributed by atoms with Gasteiger partial charge in [-0.1, -0.05) is 31.2 Å². The fourth-order valence-corrected chi connectivity index (χ4v) is 4.44. The highest BCUT2D eigenvalue weighted by atomic mass is 32.1. The van der Waals surface area contributed by atoms with Gasteiger partial charge in [0.05, 0.1) is 5.52 Å². The molecule has 0 aliphatic carbocycles. The lowest BCUT2D eigenvalue weighted by atomic mass is 9.95. The van der Waals surface area contributed by atoms with Crippen LogP contribution >= 0.6 is 11.3 Å². The van der Waals surface area contributed by atoms with Crippen LogP contribution in [0.1, 0.15) is 24.0 Å². The van der Waals surface area contributed by atoms with Crippen molar-refractivity contribution in [2.24, 2.45) is 5.73 Å². The van der Waals surface area contributed by atoms with Crippen molar-refractivity contribution in [1.29, 1.82) is 0 Å². The second-order valence-electron chi connectivity index (χ2n) is 6.76. The number of aromatic amines is 1. The summed E-state index contributed by atoms with van der Waals surface area (Å²) in [6.07, 6.45) is 0. The number of hydrogen-bond donors (Lipinski definition) is 3. The van der Waals surface area contributed by atoms with Crippen LogP contribution in [0, 0.1) is 6.92 Å². The van der Waals surface area contributed by atoms with Crippen LogP contribution in [0.25, 0.3) is 32.1 Å². The summed E-state index contributed by atoms with van der Waals surface area (Å²) in [5, 5.41) is 13.9. The lowest BCUT2D eigenvalue weighted by Crippen LogP contribution is -2.08. The molecule has 2 aromatic heterocycles. The minimum Gasteiger partial charge on any atom is -0.508 e. The van der Waals surface area contributed by atoms with Crippen LogP contribution in [0.4, 0.5) is 0 Å². The number of nitrogens with one attached hydrogen (secondary N) is 1. The van der Waals surface area contributed by atoms with Gasteiger partial charge in [0.25, 0.3) is 5.56 Å². The summed E-state index contributed by atoms with van der Waals surface area (Å²) in [7, 11) is 0. The number of thiophene rings is 1. The van der Waals surface area contributed by atoms with Gasteiger partial charge in [-0.2, -0.15) is 0 Å². The zero-order valence-electron chi connectivity index (χ0n) is 14.7. The minimum atomic E-state index is -0.0935. The molecule has 4 rings (SSSR count). The van der Waals surface area contributed by atoms with Crippen molar-refractivity contribution in [3.05, 3.63) is 63.3 Å². The Bertz CT molecular complexity index is 1190. The molecule has 4 nitrogen and oxygen atoms in total. The van der Waals surface area contributed by atoms with Gasteiger partial charge in [0.15, 0.2) is 0 Å². The zero-order chi connectivity index (χ0) is 18.4. The van der Waals surface area contributed by atoms with E-state index in [-0.39, 0.29) is 17.2 Å². The summed E-state index contributed by atoms with van der Waals surface area (Å²) in [5.41, 5.74) is 10.6. The number of aromatic nitrogens is 1. The van der Waals surface area contributed by atoms with Gasteiger partial charge < -0.3 is 15.8 Å². The monoisotopic (exact) mass is 364 g/mol. The summed E-state index contributed by atoms with van der Waals surface area (Å²) in [6.45, 7) is 4.58. The molecule has 1 unspecified atom stereocenters. The van der Waals surface area contributed by atoms with Crippen LogP contribution in [0.5, 0.6) is 5.75 Å². The molecule has 0 saturated carbocycles. The topological polar surface area (TPSA) is 79.1 Å². The smallest absolute Gasteiger partial charge is 0.266 e. The average molecular weight is 364 g/mol. The van der Waals surface area contributed by atoms with Crippen LogP contribution < -0.4 is 11.3 Å². The Morgan fingerprint density at radius 3 is 2.85 bits per heavy atom. The predicted molar refractivity (Wildman–Crippen MR) is 109 cm³/mol. The number of phenolic OH excluding ortho intramolecular Hbond substituents is 1. The third-order valence-electron chi connectivity index (χ3n) is 4.95. The second-order valence-corrected chi connectivity index (χ2v) is 7.63. The van der Waals surface area contributed by atoms with Gasteiger partial charge in [0.2, 0.25) is 0 Å². The number of rotatable bonds is 3. The van der Waals surface area contributed by atoms with E-state index in [9.17, 15) is 9.90 Å². The van der Waals surface area contributed by atoms with Crippen LogP contribution in [-0.2, 0) is 0 Å². The van der Waals surface area contributed by atoms with Crippen LogP contribution in [-0.4, -0.2) is 16.6 Å². The van der Waals surface area contributed by atoms with E-state index in [1.807, 2.05) is 18.4 Å². The molecule has 5 heteroatoms. The number of aromatic hydroxyl groups is 1. The Labute approximate surface area is 154 Å². The molecule has 4 aromatic rings. The van der Waals surface area contributed by atoms with E-state index in [0.29, 0.717) is 11.2 Å². The normalized spacial score (nSPS) is 12.7. The van der Waals surface area contributed by atoms with Gasteiger partial charge in [-0.15, -0.1) is 11.3 Å². The molecule has 0 aliphatic heterocycles. The molecule has 0 saturated heterocycles. The van der Waals surface area contributed by atoms with Crippen LogP contribution in [0.2, 0.25) is 0 Å². The number of hydrogen-bond acceptors (Lipinski definition) is 4. The molecule has 0 amide bonds. The fourth-order valence-electron chi connectivity index (χ4n) is 3.46. The maximum atomic E-state index is 12.6. The minimum absolute atomic E-state index is 0.0935. The van der Waals surface area contributed by atoms with E-state index >= 15 is 0 Å². The molecule has 0 bridgehead atoms. The quantitative estimate of drug-likeness (QED) is 0.501. The molecule has 1 atom stereocenters. The maximum Gasteiger partial charge on any atom is 0.266 e. The Balaban J connectivity index is 2.08. The molecular weight excluding hydrogens is 344 g/mol. The van der Waals surface area contributed by atoms with Crippen molar-refractivity contribution >= 4 is 32.3 Å². The lowest BCUT2D eigenvalue weighted by Gasteiger charge is -2.11. The van der Waals surface area contributed by atoms with Crippen molar-refractivity contribution < 1.29 is 5.11 Å². The Morgan fingerprint density at radius 1 is 1.27 bits per heavy atom. The summed E-state index contributed by atoms with van der Waals surface area (Å²) in [5.74, 6) is 0.470. The molecule has 132 valence electrons. The van der Waals surface area contributed by atoms with E-state index in [0.717, 1.165) is 33.0 Å². The van der Waals surface area contributed by atoms with Crippen LogP contribution in [0.3, 0.4) is 0 Å². The first-order chi connectivity index (χ1) is 12.5. The van der Waals surface area contributed by atoms with Crippen molar-refractivity contribution in [3.63, 3.8) is 0 Å². The third-order valence-corrected chi connectivity index (χ3v) is 5.92. The highest BCUT2D eigenvalue weighted by molar-refractivity contribution is 7.17. The maximum absolute atomic E-state index is 12.6. The summed E-state index contributed by atoms with van der Waals surface area (Å²) in [6, 6.07) is 11.7. The Kier molecular flexibility index (Phi) is 4.05. The Morgan fingerprint density at radius 2 is 2.08 bits per heavy atom. The van der Waals surface area contributed by atoms with Crippen molar-refractivity contribution in [1.82, 2.24) is 4.98 Å². The highest BCUT2D eigenvalue weighted by Gasteiger charge is 2.16. The number of phenols is 1. The molecule has 0 fully saturated rings. The van der Waals surface area contributed by atoms with Gasteiger partial charge in [-0.25, -0.2) is 0 Å². The number of fused-ring (bicyclic) bond motifs is 3.